The molecule has 0 radical (unpaired) electrons. The van der Waals surface area contributed by atoms with Gasteiger partial charge in [-0.3, -0.25) is 0 Å². The molecule has 0 saturated carbocycles. The van der Waals surface area contributed by atoms with Gasteiger partial charge in [-0.2, -0.15) is 5.10 Å². The van der Waals surface area contributed by atoms with Crippen LogP contribution in [0.15, 0.2) is 18.2 Å². The van der Waals surface area contributed by atoms with Crippen LogP contribution in [0.3, 0.4) is 0 Å². The van der Waals surface area contributed by atoms with E-state index in [1.165, 1.54) is 0 Å². The van der Waals surface area contributed by atoms with Crippen LogP contribution in [-0.2, 0) is 4.74 Å². The maximum Gasteiger partial charge on any atom is 1.00 e. The van der Waals surface area contributed by atoms with E-state index >= 15 is 0 Å². The normalized spacial score (nSPS) is 17.1. The molecule has 6 nitrogen and oxygen atoms in total. The Kier molecular flexibility index (Phi) is 6.60. The summed E-state index contributed by atoms with van der Waals surface area (Å²) in [5.74, 6) is 1.54. The number of aromatic nitrogens is 2. The second-order valence-corrected chi connectivity index (χ2v) is 4.80. The average molecular weight is 310 g/mol. The number of aromatic carboxylic acids is 1. The summed E-state index contributed by atoms with van der Waals surface area (Å²) >= 11 is 0. The predicted molar refractivity (Wildman–Crippen MR) is 75.4 cm³/mol. The largest absolute Gasteiger partial charge is 1.00 e. The summed E-state index contributed by atoms with van der Waals surface area (Å²) in [6, 6.07) is 4.87. The summed E-state index contributed by atoms with van der Waals surface area (Å²) in [5, 5.41) is 14.1. The van der Waals surface area contributed by atoms with Gasteiger partial charge in [0.15, 0.2) is 6.23 Å². The predicted octanol–water partition coefficient (Wildman–Crippen LogP) is -0.758. The van der Waals surface area contributed by atoms with Crippen LogP contribution in [0.25, 0.3) is 10.9 Å². The molecule has 1 saturated heterocycles. The maximum atomic E-state index is 11.0. The van der Waals surface area contributed by atoms with Gasteiger partial charge < -0.3 is 15.3 Å². The average Bonchev–Trinajstić information content (AvgIpc) is 2.86. The van der Waals surface area contributed by atoms with Crippen molar-refractivity contribution in [1.82, 2.24) is 9.78 Å². The van der Waals surface area contributed by atoms with Crippen LogP contribution >= 0.6 is 0 Å². The van der Waals surface area contributed by atoms with Gasteiger partial charge in [-0.25, -0.2) is 9.48 Å². The van der Waals surface area contributed by atoms with Gasteiger partial charge in [0.25, 0.3) is 0 Å². The number of nitrogens with zero attached hydrogens (tertiary/aromatic N) is 2. The molecule has 1 atom stereocenters. The Morgan fingerprint density at radius 1 is 1.45 bits per heavy atom. The minimum atomic E-state index is -0.975. The number of benzene rings is 1. The number of carboxylic acid groups (broad SMARTS) is 1. The fourth-order valence-corrected chi connectivity index (χ4v) is 2.52. The van der Waals surface area contributed by atoms with E-state index < -0.39 is 5.97 Å². The van der Waals surface area contributed by atoms with Crippen LogP contribution in [0, 0.1) is 12.3 Å². The molecule has 2 N–H and O–H groups in total. The quantitative estimate of drug-likeness (QED) is 0.581. The minimum absolute atomic E-state index is 0. The molecule has 0 amide bonds. The summed E-state index contributed by atoms with van der Waals surface area (Å²) in [6.07, 6.45) is 8.38. The molecule has 2 heterocycles. The molecular weight excluding hydrogens is 295 g/mol. The first-order chi connectivity index (χ1) is 9.70. The van der Waals surface area contributed by atoms with E-state index in [9.17, 15) is 4.79 Å². The number of terminal acetylenes is 1. The third kappa shape index (κ3) is 3.35. The number of ether oxygens (including phenoxy) is 1. The minimum Gasteiger partial charge on any atom is -0.870 e. The van der Waals surface area contributed by atoms with Crippen molar-refractivity contribution in [2.24, 2.45) is 0 Å². The number of hydrogen-bond donors (Lipinski definition) is 1. The first-order valence-corrected chi connectivity index (χ1v) is 6.54. The third-order valence-electron chi connectivity index (χ3n) is 3.52. The van der Waals surface area contributed by atoms with Crippen molar-refractivity contribution in [3.05, 3.63) is 29.5 Å². The summed E-state index contributed by atoms with van der Waals surface area (Å²) in [5.41, 5.74) is 1.48. The van der Waals surface area contributed by atoms with Crippen molar-refractivity contribution >= 4 is 16.9 Å². The summed E-state index contributed by atoms with van der Waals surface area (Å²) in [4.78, 5) is 11.0. The molecule has 7 heteroatoms. The van der Waals surface area contributed by atoms with Crippen molar-refractivity contribution in [1.29, 1.82) is 0 Å². The molecule has 1 aromatic carbocycles. The Morgan fingerprint density at radius 2 is 2.23 bits per heavy atom. The van der Waals surface area contributed by atoms with Gasteiger partial charge in [0, 0.05) is 12.0 Å². The van der Waals surface area contributed by atoms with Crippen molar-refractivity contribution in [3.8, 4) is 12.3 Å². The second kappa shape index (κ2) is 7.77. The molecule has 3 rings (SSSR count). The Bertz CT molecular complexity index is 714. The molecule has 22 heavy (non-hydrogen) atoms. The summed E-state index contributed by atoms with van der Waals surface area (Å²) in [7, 11) is 0. The van der Waals surface area contributed by atoms with E-state index in [1.54, 1.807) is 22.9 Å². The zero-order valence-electron chi connectivity index (χ0n) is 12.3. The molecule has 2 aromatic rings. The molecule has 1 aromatic heterocycles. The zero-order valence-corrected chi connectivity index (χ0v) is 14.3. The summed E-state index contributed by atoms with van der Waals surface area (Å²) in [6.45, 7) is 0.713. The monoisotopic (exact) mass is 310 g/mol. The maximum absolute atomic E-state index is 11.0. The number of carboxylic acids is 1. The van der Waals surface area contributed by atoms with Gasteiger partial charge in [-0.05, 0) is 43.4 Å². The molecule has 1 fully saturated rings. The van der Waals surface area contributed by atoms with Gasteiger partial charge in [0.05, 0.1) is 11.1 Å². The standard InChI is InChI=1S/C15H14N2O3.Na.H2O/c1-2-12-11-9-10(15(18)19)6-7-13(11)17(16-12)14-5-3-4-8-20-14;;/h1,6-7,9,14H,3-5,8H2,(H,18,19);;1H2/q;+1;/p-1. The van der Waals surface area contributed by atoms with Crippen LogP contribution < -0.4 is 29.6 Å². The molecule has 110 valence electrons. The molecule has 0 aliphatic carbocycles. The van der Waals surface area contributed by atoms with E-state index in [0.29, 0.717) is 17.7 Å². The molecule has 1 aliphatic heterocycles. The van der Waals surface area contributed by atoms with Crippen LogP contribution in [0.5, 0.6) is 0 Å². The van der Waals surface area contributed by atoms with Gasteiger partial charge >= 0.3 is 35.5 Å². The molecule has 1 aliphatic rings. The van der Waals surface area contributed by atoms with Crippen molar-refractivity contribution in [2.75, 3.05) is 6.61 Å². The Balaban J connectivity index is 0.00000121. The van der Waals surface area contributed by atoms with Crippen molar-refractivity contribution in [3.63, 3.8) is 0 Å². The zero-order chi connectivity index (χ0) is 14.1. The Labute approximate surface area is 150 Å². The van der Waals surface area contributed by atoms with Crippen LogP contribution in [0.2, 0.25) is 0 Å². The van der Waals surface area contributed by atoms with Crippen molar-refractivity contribution in [2.45, 2.75) is 25.5 Å². The fraction of sp³-hybridized carbons (Fsp3) is 0.333. The Hall–Kier alpha value is -1.36. The molecule has 0 spiro atoms. The number of fused-ring (bicyclic) bond motifs is 1. The summed E-state index contributed by atoms with van der Waals surface area (Å²) < 4.78 is 7.50. The Morgan fingerprint density at radius 3 is 2.82 bits per heavy atom. The molecular formula is C15H15N2NaO4. The van der Waals surface area contributed by atoms with E-state index in [4.69, 9.17) is 16.3 Å². The third-order valence-corrected chi connectivity index (χ3v) is 3.52. The van der Waals surface area contributed by atoms with Crippen LogP contribution in [0.4, 0.5) is 0 Å². The van der Waals surface area contributed by atoms with E-state index in [2.05, 4.69) is 11.0 Å². The number of hydrogen-bond acceptors (Lipinski definition) is 4. The van der Waals surface area contributed by atoms with Gasteiger partial charge in [-0.15, -0.1) is 6.42 Å². The molecule has 0 bridgehead atoms. The molecule has 1 unspecified atom stereocenters. The topological polar surface area (TPSA) is 94.4 Å². The van der Waals surface area contributed by atoms with Gasteiger partial charge in [-0.1, -0.05) is 0 Å². The van der Waals surface area contributed by atoms with Crippen molar-refractivity contribution < 1.29 is 49.7 Å². The van der Waals surface area contributed by atoms with Crippen LogP contribution in [-0.4, -0.2) is 32.9 Å². The van der Waals surface area contributed by atoms with Gasteiger partial charge in [0.1, 0.15) is 5.69 Å². The SMILES string of the molecule is C#Cc1nn(C2CCCCO2)c2ccc(C(=O)O)cc12.[Na+].[OH-]. The second-order valence-electron chi connectivity index (χ2n) is 4.80. The van der Waals surface area contributed by atoms with E-state index in [-0.39, 0.29) is 46.8 Å². The number of carbonyl (C=O) groups is 1. The van der Waals surface area contributed by atoms with E-state index in [0.717, 1.165) is 24.8 Å². The van der Waals surface area contributed by atoms with Crippen LogP contribution in [0.1, 0.15) is 41.5 Å². The fourth-order valence-electron chi connectivity index (χ4n) is 2.52. The van der Waals surface area contributed by atoms with Gasteiger partial charge in [0.2, 0.25) is 0 Å². The van der Waals surface area contributed by atoms with E-state index in [1.807, 2.05) is 0 Å². The first kappa shape index (κ1) is 18.7. The smallest absolute Gasteiger partial charge is 0.870 e. The first-order valence-electron chi connectivity index (χ1n) is 6.54. The number of rotatable bonds is 2.